The number of ether oxygens (including phenoxy) is 1. The standard InChI is InChI=1S/C35H39ClN4O3/c1-23-11-13-26(14-12-23)33(41)40(20-8-19-37-34(42)43-35(2,3)4)32(25-15-16-25)31-30(21-24-9-6-5-7-10-24)38-28-18-17-27(36)22-29(28)39-31/h5-7,9-14,17-18,22,25,32H,8,15-16,19-21H2,1-4H3,(H,37,42). The average molecular weight is 599 g/mol. The molecule has 0 saturated heterocycles. The molecule has 1 aliphatic carbocycles. The van der Waals surface area contributed by atoms with E-state index in [1.54, 1.807) is 0 Å². The summed E-state index contributed by atoms with van der Waals surface area (Å²) in [6.45, 7) is 8.31. The van der Waals surface area contributed by atoms with Gasteiger partial charge in [-0.2, -0.15) is 0 Å². The summed E-state index contributed by atoms with van der Waals surface area (Å²) < 4.78 is 5.40. The highest BCUT2D eigenvalue weighted by atomic mass is 35.5. The van der Waals surface area contributed by atoms with Crippen LogP contribution in [0.2, 0.25) is 5.02 Å². The van der Waals surface area contributed by atoms with Gasteiger partial charge in [-0.15, -0.1) is 0 Å². The van der Waals surface area contributed by atoms with E-state index in [1.165, 1.54) is 0 Å². The predicted molar refractivity (Wildman–Crippen MR) is 170 cm³/mol. The average Bonchev–Trinajstić information content (AvgIpc) is 3.80. The number of carbonyl (C=O) groups is 2. The van der Waals surface area contributed by atoms with Gasteiger partial charge in [-0.1, -0.05) is 59.6 Å². The summed E-state index contributed by atoms with van der Waals surface area (Å²) in [6, 6.07) is 23.2. The maximum absolute atomic E-state index is 14.3. The van der Waals surface area contributed by atoms with Gasteiger partial charge in [0.2, 0.25) is 0 Å². The van der Waals surface area contributed by atoms with E-state index >= 15 is 0 Å². The van der Waals surface area contributed by atoms with Crippen LogP contribution in [0.4, 0.5) is 4.79 Å². The number of nitrogens with zero attached hydrogens (tertiary/aromatic N) is 3. The molecule has 1 atom stereocenters. The fourth-order valence-electron chi connectivity index (χ4n) is 5.25. The van der Waals surface area contributed by atoms with E-state index in [1.807, 2.05) is 93.3 Å². The second-order valence-electron chi connectivity index (χ2n) is 12.3. The van der Waals surface area contributed by atoms with Gasteiger partial charge >= 0.3 is 6.09 Å². The van der Waals surface area contributed by atoms with Crippen LogP contribution in [0.3, 0.4) is 0 Å². The van der Waals surface area contributed by atoms with Crippen molar-refractivity contribution >= 4 is 34.6 Å². The van der Waals surface area contributed by atoms with Gasteiger partial charge in [-0.3, -0.25) is 4.79 Å². The second kappa shape index (κ2) is 13.1. The first-order chi connectivity index (χ1) is 20.6. The van der Waals surface area contributed by atoms with Crippen molar-refractivity contribution in [2.24, 2.45) is 5.92 Å². The maximum Gasteiger partial charge on any atom is 0.407 e. The lowest BCUT2D eigenvalue weighted by Crippen LogP contribution is -2.40. The topological polar surface area (TPSA) is 84.4 Å². The summed E-state index contributed by atoms with van der Waals surface area (Å²) in [7, 11) is 0. The van der Waals surface area contributed by atoms with Crippen molar-refractivity contribution in [1.29, 1.82) is 0 Å². The quantitative estimate of drug-likeness (QED) is 0.189. The minimum Gasteiger partial charge on any atom is -0.444 e. The maximum atomic E-state index is 14.3. The lowest BCUT2D eigenvalue weighted by atomic mass is 9.98. The molecule has 1 heterocycles. The minimum atomic E-state index is -0.582. The molecule has 5 rings (SSSR count). The number of amides is 2. The molecule has 1 saturated carbocycles. The fourth-order valence-corrected chi connectivity index (χ4v) is 5.42. The Hall–Kier alpha value is -3.97. The minimum absolute atomic E-state index is 0.0622. The zero-order valence-corrected chi connectivity index (χ0v) is 26.0. The molecule has 224 valence electrons. The Morgan fingerprint density at radius 3 is 2.40 bits per heavy atom. The van der Waals surface area contributed by atoms with Crippen LogP contribution in [0.15, 0.2) is 72.8 Å². The summed E-state index contributed by atoms with van der Waals surface area (Å²) in [6.07, 6.45) is 2.68. The number of benzene rings is 3. The zero-order valence-electron chi connectivity index (χ0n) is 25.3. The highest BCUT2D eigenvalue weighted by Gasteiger charge is 2.41. The Kier molecular flexibility index (Phi) is 9.31. The van der Waals surface area contributed by atoms with Gasteiger partial charge in [0.05, 0.1) is 28.5 Å². The van der Waals surface area contributed by atoms with Crippen LogP contribution in [0.5, 0.6) is 0 Å². The number of hydrogen-bond acceptors (Lipinski definition) is 5. The summed E-state index contributed by atoms with van der Waals surface area (Å²) in [5.41, 5.74) is 5.39. The number of hydrogen-bond donors (Lipinski definition) is 1. The van der Waals surface area contributed by atoms with E-state index < -0.39 is 11.7 Å². The molecule has 0 radical (unpaired) electrons. The number of carbonyl (C=O) groups excluding carboxylic acids is 2. The molecule has 0 aliphatic heterocycles. The SMILES string of the molecule is Cc1ccc(C(=O)N(CCCNC(=O)OC(C)(C)C)C(c2nc3cc(Cl)ccc3nc2Cc2ccccc2)C2CC2)cc1. The molecule has 0 spiro atoms. The van der Waals surface area contributed by atoms with E-state index in [-0.39, 0.29) is 17.9 Å². The van der Waals surface area contributed by atoms with Crippen LogP contribution in [0.25, 0.3) is 11.0 Å². The molecule has 0 bridgehead atoms. The lowest BCUT2D eigenvalue weighted by molar-refractivity contribution is 0.0522. The number of alkyl carbamates (subject to hydrolysis) is 1. The van der Waals surface area contributed by atoms with Crippen molar-refractivity contribution in [1.82, 2.24) is 20.2 Å². The highest BCUT2D eigenvalue weighted by molar-refractivity contribution is 6.31. The van der Waals surface area contributed by atoms with Crippen molar-refractivity contribution in [2.45, 2.75) is 65.0 Å². The van der Waals surface area contributed by atoms with Crippen LogP contribution < -0.4 is 5.32 Å². The van der Waals surface area contributed by atoms with Crippen molar-refractivity contribution in [2.75, 3.05) is 13.1 Å². The Morgan fingerprint density at radius 1 is 1.00 bits per heavy atom. The van der Waals surface area contributed by atoms with Crippen LogP contribution >= 0.6 is 11.6 Å². The van der Waals surface area contributed by atoms with Gasteiger partial charge in [0.1, 0.15) is 5.60 Å². The third-order valence-electron chi connectivity index (χ3n) is 7.43. The Morgan fingerprint density at radius 2 is 1.72 bits per heavy atom. The molecule has 1 N–H and O–H groups in total. The number of fused-ring (bicyclic) bond motifs is 1. The molecular formula is C35H39ClN4O3. The lowest BCUT2D eigenvalue weighted by Gasteiger charge is -2.33. The van der Waals surface area contributed by atoms with Gasteiger partial charge in [-0.25, -0.2) is 14.8 Å². The fraction of sp³-hybridized carbons (Fsp3) is 0.371. The zero-order chi connectivity index (χ0) is 30.6. The largest absolute Gasteiger partial charge is 0.444 e. The Balaban J connectivity index is 1.52. The van der Waals surface area contributed by atoms with Crippen molar-refractivity contribution in [3.63, 3.8) is 0 Å². The molecule has 2 amide bonds. The number of rotatable bonds is 10. The third kappa shape index (κ3) is 8.11. The predicted octanol–water partition coefficient (Wildman–Crippen LogP) is 7.69. The van der Waals surface area contributed by atoms with Crippen molar-refractivity contribution in [3.05, 3.63) is 106 Å². The van der Waals surface area contributed by atoms with Crippen LogP contribution in [-0.4, -0.2) is 45.6 Å². The highest BCUT2D eigenvalue weighted by Crippen LogP contribution is 2.46. The first-order valence-corrected chi connectivity index (χ1v) is 15.3. The van der Waals surface area contributed by atoms with Gasteiger partial charge in [0, 0.05) is 30.1 Å². The molecule has 4 aromatic rings. The Labute approximate surface area is 258 Å². The van der Waals surface area contributed by atoms with Gasteiger partial charge in [-0.05, 0) is 88.8 Å². The molecular weight excluding hydrogens is 560 g/mol. The summed E-state index contributed by atoms with van der Waals surface area (Å²) in [5, 5.41) is 3.43. The van der Waals surface area contributed by atoms with E-state index in [2.05, 4.69) is 17.4 Å². The smallest absolute Gasteiger partial charge is 0.407 e. The van der Waals surface area contributed by atoms with Crippen molar-refractivity contribution in [3.8, 4) is 0 Å². The molecule has 1 aromatic heterocycles. The van der Waals surface area contributed by atoms with Crippen LogP contribution in [0.1, 0.15) is 78.9 Å². The molecule has 8 heteroatoms. The first-order valence-electron chi connectivity index (χ1n) is 14.9. The van der Waals surface area contributed by atoms with Crippen LogP contribution in [-0.2, 0) is 11.2 Å². The number of aryl methyl sites for hydroxylation is 1. The van der Waals surface area contributed by atoms with E-state index in [0.717, 1.165) is 40.9 Å². The van der Waals surface area contributed by atoms with E-state index in [4.69, 9.17) is 26.3 Å². The number of halogens is 1. The van der Waals surface area contributed by atoms with Gasteiger partial charge in [0.25, 0.3) is 5.91 Å². The Bertz CT molecular complexity index is 1580. The number of nitrogens with one attached hydrogen (secondary N) is 1. The molecule has 1 aliphatic rings. The van der Waals surface area contributed by atoms with E-state index in [0.29, 0.717) is 42.0 Å². The van der Waals surface area contributed by atoms with Gasteiger partial charge < -0.3 is 15.0 Å². The van der Waals surface area contributed by atoms with E-state index in [9.17, 15) is 9.59 Å². The van der Waals surface area contributed by atoms with Crippen LogP contribution in [0, 0.1) is 12.8 Å². The van der Waals surface area contributed by atoms with Gasteiger partial charge in [0.15, 0.2) is 0 Å². The molecule has 1 fully saturated rings. The normalized spacial score (nSPS) is 13.9. The van der Waals surface area contributed by atoms with Crippen molar-refractivity contribution < 1.29 is 14.3 Å². The monoisotopic (exact) mass is 598 g/mol. The summed E-state index contributed by atoms with van der Waals surface area (Å²) in [4.78, 5) is 38.7. The second-order valence-corrected chi connectivity index (χ2v) is 12.7. The summed E-state index contributed by atoms with van der Waals surface area (Å²) in [5.74, 6) is 0.196. The molecule has 3 aromatic carbocycles. The molecule has 43 heavy (non-hydrogen) atoms. The number of aromatic nitrogens is 2. The first kappa shape index (κ1) is 30.5. The molecule has 1 unspecified atom stereocenters. The summed E-state index contributed by atoms with van der Waals surface area (Å²) >= 11 is 6.37. The third-order valence-corrected chi connectivity index (χ3v) is 7.67. The molecule has 7 nitrogen and oxygen atoms in total.